The normalized spacial score (nSPS) is 18.6. The van der Waals surface area contributed by atoms with Gasteiger partial charge in [-0.25, -0.2) is 0 Å². The van der Waals surface area contributed by atoms with Crippen LogP contribution in [-0.4, -0.2) is 33.2 Å². The summed E-state index contributed by atoms with van der Waals surface area (Å²) in [5.41, 5.74) is 1.26. The monoisotopic (exact) mass is 289 g/mol. The van der Waals surface area contributed by atoms with E-state index in [4.69, 9.17) is 4.74 Å². The summed E-state index contributed by atoms with van der Waals surface area (Å²) in [4.78, 5) is 0. The van der Waals surface area contributed by atoms with E-state index < -0.39 is 0 Å². The predicted octanol–water partition coefficient (Wildman–Crippen LogP) is 2.68. The van der Waals surface area contributed by atoms with E-state index in [0.717, 1.165) is 29.8 Å². The van der Waals surface area contributed by atoms with Gasteiger partial charge in [0.25, 0.3) is 0 Å². The first-order valence-corrected chi connectivity index (χ1v) is 7.98. The van der Waals surface area contributed by atoms with Gasteiger partial charge in [-0.15, -0.1) is 10.2 Å². The first-order chi connectivity index (χ1) is 9.83. The summed E-state index contributed by atoms with van der Waals surface area (Å²) in [5.74, 6) is 1.98. The molecule has 0 bridgehead atoms. The number of hydrogen-bond acceptors (Lipinski definition) is 4. The molecular formula is C15H19N3OS. The molecule has 20 heavy (non-hydrogen) atoms. The molecule has 2 heterocycles. The second-order valence-corrected chi connectivity index (χ2v) is 6.05. The predicted molar refractivity (Wildman–Crippen MR) is 79.9 cm³/mol. The highest BCUT2D eigenvalue weighted by Crippen LogP contribution is 2.23. The fourth-order valence-electron chi connectivity index (χ4n) is 2.35. The fourth-order valence-corrected chi connectivity index (χ4v) is 3.34. The summed E-state index contributed by atoms with van der Waals surface area (Å²) in [6.07, 6.45) is 3.56. The molecule has 0 saturated carbocycles. The van der Waals surface area contributed by atoms with E-state index in [2.05, 4.69) is 39.0 Å². The molecule has 0 amide bonds. The van der Waals surface area contributed by atoms with Crippen molar-refractivity contribution in [1.82, 2.24) is 14.8 Å². The molecule has 4 nitrogen and oxygen atoms in total. The van der Waals surface area contributed by atoms with Crippen molar-refractivity contribution in [2.45, 2.75) is 30.5 Å². The number of benzene rings is 1. The lowest BCUT2D eigenvalue weighted by atomic mass is 10.1. The van der Waals surface area contributed by atoms with Gasteiger partial charge in [0.15, 0.2) is 5.16 Å². The highest BCUT2D eigenvalue weighted by molar-refractivity contribution is 7.99. The van der Waals surface area contributed by atoms with Crippen LogP contribution in [0, 0.1) is 0 Å². The number of rotatable bonds is 5. The van der Waals surface area contributed by atoms with Gasteiger partial charge in [-0.05, 0) is 18.4 Å². The summed E-state index contributed by atoms with van der Waals surface area (Å²) in [6, 6.07) is 10.4. The third-order valence-corrected chi connectivity index (χ3v) is 4.70. The molecule has 3 rings (SSSR count). The van der Waals surface area contributed by atoms with Crippen molar-refractivity contribution in [3.8, 4) is 0 Å². The third kappa shape index (κ3) is 3.22. The van der Waals surface area contributed by atoms with E-state index in [-0.39, 0.29) is 0 Å². The van der Waals surface area contributed by atoms with Crippen LogP contribution in [0.15, 0.2) is 35.5 Å². The van der Waals surface area contributed by atoms with E-state index in [9.17, 15) is 0 Å². The molecule has 1 aromatic carbocycles. The minimum Gasteiger partial charge on any atom is -0.377 e. The molecule has 2 aromatic rings. The van der Waals surface area contributed by atoms with Gasteiger partial charge in [0, 0.05) is 25.8 Å². The van der Waals surface area contributed by atoms with Gasteiger partial charge >= 0.3 is 0 Å². The standard InChI is InChI=1S/C15H19N3OS/c1-18-14(10-12-6-3-2-4-7-12)16-17-15(18)20-11-13-8-5-9-19-13/h2-4,6-7,13H,5,8-11H2,1H3/t13-/m0/s1. The van der Waals surface area contributed by atoms with Gasteiger partial charge in [0.1, 0.15) is 5.82 Å². The van der Waals surface area contributed by atoms with E-state index >= 15 is 0 Å². The van der Waals surface area contributed by atoms with Crippen molar-refractivity contribution < 1.29 is 4.74 Å². The molecular weight excluding hydrogens is 270 g/mol. The first kappa shape index (κ1) is 13.6. The van der Waals surface area contributed by atoms with Crippen LogP contribution in [0.4, 0.5) is 0 Å². The van der Waals surface area contributed by atoms with E-state index in [0.29, 0.717) is 6.10 Å². The Morgan fingerprint density at radius 2 is 2.15 bits per heavy atom. The molecule has 1 aliphatic rings. The van der Waals surface area contributed by atoms with Gasteiger partial charge in [0.05, 0.1) is 6.10 Å². The van der Waals surface area contributed by atoms with Crippen molar-refractivity contribution in [2.24, 2.45) is 7.05 Å². The molecule has 0 spiro atoms. The maximum Gasteiger partial charge on any atom is 0.191 e. The Hall–Kier alpha value is -1.33. The third-order valence-electron chi connectivity index (χ3n) is 3.55. The average Bonchev–Trinajstić information content (AvgIpc) is 3.10. The molecule has 0 unspecified atom stereocenters. The molecule has 0 aliphatic carbocycles. The lowest BCUT2D eigenvalue weighted by Gasteiger charge is -2.08. The van der Waals surface area contributed by atoms with Crippen molar-refractivity contribution in [3.05, 3.63) is 41.7 Å². The van der Waals surface area contributed by atoms with Gasteiger partial charge in [-0.3, -0.25) is 0 Å². The number of hydrogen-bond donors (Lipinski definition) is 0. The van der Waals surface area contributed by atoms with Gasteiger partial charge in [-0.1, -0.05) is 42.1 Å². The second kappa shape index (κ2) is 6.41. The lowest BCUT2D eigenvalue weighted by molar-refractivity contribution is 0.129. The number of thioether (sulfide) groups is 1. The van der Waals surface area contributed by atoms with Gasteiger partial charge < -0.3 is 9.30 Å². The molecule has 0 radical (unpaired) electrons. The van der Waals surface area contributed by atoms with Gasteiger partial charge in [-0.2, -0.15) is 0 Å². The van der Waals surface area contributed by atoms with Crippen molar-refractivity contribution in [1.29, 1.82) is 0 Å². The Kier molecular flexibility index (Phi) is 4.38. The molecule has 1 fully saturated rings. The fraction of sp³-hybridized carbons (Fsp3) is 0.467. The Bertz CT molecular complexity index is 550. The first-order valence-electron chi connectivity index (χ1n) is 6.99. The molecule has 1 saturated heterocycles. The van der Waals surface area contributed by atoms with Crippen LogP contribution < -0.4 is 0 Å². The second-order valence-electron chi connectivity index (χ2n) is 5.07. The summed E-state index contributed by atoms with van der Waals surface area (Å²) in [5, 5.41) is 9.58. The average molecular weight is 289 g/mol. The van der Waals surface area contributed by atoms with Crippen molar-refractivity contribution in [2.75, 3.05) is 12.4 Å². The summed E-state index contributed by atoms with van der Waals surface area (Å²) >= 11 is 1.74. The minimum absolute atomic E-state index is 0.384. The van der Waals surface area contributed by atoms with Crippen LogP contribution in [0.25, 0.3) is 0 Å². The Morgan fingerprint density at radius 3 is 2.90 bits per heavy atom. The lowest BCUT2D eigenvalue weighted by Crippen LogP contribution is -2.09. The van der Waals surface area contributed by atoms with E-state index in [1.165, 1.54) is 18.4 Å². The van der Waals surface area contributed by atoms with Crippen LogP contribution in [0.1, 0.15) is 24.2 Å². The SMILES string of the molecule is Cn1c(Cc2ccccc2)nnc1SC[C@@H]1CCCO1. The van der Waals surface area contributed by atoms with Crippen LogP contribution in [0.3, 0.4) is 0 Å². The molecule has 5 heteroatoms. The quantitative estimate of drug-likeness (QED) is 0.793. The highest BCUT2D eigenvalue weighted by atomic mass is 32.2. The topological polar surface area (TPSA) is 39.9 Å². The highest BCUT2D eigenvalue weighted by Gasteiger charge is 2.17. The Morgan fingerprint density at radius 1 is 1.30 bits per heavy atom. The Balaban J connectivity index is 1.62. The number of ether oxygens (including phenoxy) is 1. The van der Waals surface area contributed by atoms with Crippen LogP contribution >= 0.6 is 11.8 Å². The van der Waals surface area contributed by atoms with E-state index in [1.807, 2.05) is 13.1 Å². The largest absolute Gasteiger partial charge is 0.377 e. The molecule has 0 N–H and O–H groups in total. The molecule has 106 valence electrons. The minimum atomic E-state index is 0.384. The summed E-state index contributed by atoms with van der Waals surface area (Å²) in [7, 11) is 2.04. The van der Waals surface area contributed by atoms with Crippen LogP contribution in [0.5, 0.6) is 0 Å². The van der Waals surface area contributed by atoms with Crippen LogP contribution in [0.2, 0.25) is 0 Å². The molecule has 1 aliphatic heterocycles. The zero-order valence-corrected chi connectivity index (χ0v) is 12.5. The maximum absolute atomic E-state index is 5.64. The zero-order chi connectivity index (χ0) is 13.8. The van der Waals surface area contributed by atoms with E-state index in [1.54, 1.807) is 11.8 Å². The number of aromatic nitrogens is 3. The van der Waals surface area contributed by atoms with Crippen LogP contribution in [-0.2, 0) is 18.2 Å². The number of nitrogens with zero attached hydrogens (tertiary/aromatic N) is 3. The Labute approximate surface area is 123 Å². The smallest absolute Gasteiger partial charge is 0.191 e. The zero-order valence-electron chi connectivity index (χ0n) is 11.7. The van der Waals surface area contributed by atoms with Gasteiger partial charge in [0.2, 0.25) is 0 Å². The van der Waals surface area contributed by atoms with Crippen molar-refractivity contribution >= 4 is 11.8 Å². The van der Waals surface area contributed by atoms with Crippen molar-refractivity contribution in [3.63, 3.8) is 0 Å². The molecule has 1 aromatic heterocycles. The summed E-state index contributed by atoms with van der Waals surface area (Å²) in [6.45, 7) is 0.906. The summed E-state index contributed by atoms with van der Waals surface area (Å²) < 4.78 is 7.73. The maximum atomic E-state index is 5.64. The molecule has 1 atom stereocenters.